The Morgan fingerprint density at radius 1 is 1.56 bits per heavy atom. The van der Waals surface area contributed by atoms with Crippen molar-refractivity contribution in [3.8, 4) is 0 Å². The highest BCUT2D eigenvalue weighted by molar-refractivity contribution is 14.0. The number of guanidine groups is 1. The van der Waals surface area contributed by atoms with E-state index in [4.69, 9.17) is 10.3 Å². The van der Waals surface area contributed by atoms with E-state index in [1.54, 1.807) is 0 Å². The summed E-state index contributed by atoms with van der Waals surface area (Å²) in [4.78, 5) is 4.19. The molecule has 0 aliphatic heterocycles. The summed E-state index contributed by atoms with van der Waals surface area (Å²) in [5.41, 5.74) is 6.66. The standard InChI is InChI=1S/C12H22N4O.HI/c1-4-5-6-14-12(13)15-8-10-7-11(9(2)3)16-17-10;/h7,9H,4-6,8H2,1-3H3,(H3,13,14,15);1H. The molecule has 5 nitrogen and oxygen atoms in total. The molecule has 0 unspecified atom stereocenters. The number of aromatic nitrogens is 1. The first-order valence-corrected chi connectivity index (χ1v) is 6.12. The molecule has 0 aromatic carbocycles. The molecule has 104 valence electrons. The summed E-state index contributed by atoms with van der Waals surface area (Å²) in [6, 6.07) is 1.92. The fraction of sp³-hybridized carbons (Fsp3) is 0.667. The van der Waals surface area contributed by atoms with E-state index in [1.165, 1.54) is 0 Å². The zero-order valence-corrected chi connectivity index (χ0v) is 13.6. The van der Waals surface area contributed by atoms with Crippen molar-refractivity contribution in [2.75, 3.05) is 6.54 Å². The Balaban J connectivity index is 0.00000289. The number of aliphatic imine (C=N–C) groups is 1. The third kappa shape index (κ3) is 6.23. The molecule has 3 N–H and O–H groups in total. The second-order valence-corrected chi connectivity index (χ2v) is 4.35. The van der Waals surface area contributed by atoms with Crippen LogP contribution in [0.4, 0.5) is 0 Å². The summed E-state index contributed by atoms with van der Waals surface area (Å²) in [5, 5.41) is 7.01. The summed E-state index contributed by atoms with van der Waals surface area (Å²) < 4.78 is 5.16. The van der Waals surface area contributed by atoms with Crippen molar-refractivity contribution in [3.05, 3.63) is 17.5 Å². The van der Waals surface area contributed by atoms with E-state index in [0.717, 1.165) is 30.8 Å². The molecule has 0 aliphatic rings. The van der Waals surface area contributed by atoms with Crippen molar-refractivity contribution in [1.82, 2.24) is 10.5 Å². The second-order valence-electron chi connectivity index (χ2n) is 4.35. The summed E-state index contributed by atoms with van der Waals surface area (Å²) in [7, 11) is 0. The van der Waals surface area contributed by atoms with Crippen molar-refractivity contribution in [3.63, 3.8) is 0 Å². The molecule has 0 bridgehead atoms. The fourth-order valence-corrected chi connectivity index (χ4v) is 1.29. The minimum Gasteiger partial charge on any atom is -0.370 e. The molecule has 0 spiro atoms. The topological polar surface area (TPSA) is 76.4 Å². The largest absolute Gasteiger partial charge is 0.370 e. The van der Waals surface area contributed by atoms with Gasteiger partial charge in [-0.2, -0.15) is 0 Å². The second kappa shape index (κ2) is 9.18. The van der Waals surface area contributed by atoms with Crippen LogP contribution in [0.25, 0.3) is 0 Å². The lowest BCUT2D eigenvalue weighted by atomic mass is 10.1. The van der Waals surface area contributed by atoms with Gasteiger partial charge in [0, 0.05) is 12.6 Å². The number of nitrogens with one attached hydrogen (secondary N) is 1. The molecule has 0 atom stereocenters. The van der Waals surface area contributed by atoms with Crippen LogP contribution in [-0.4, -0.2) is 17.7 Å². The van der Waals surface area contributed by atoms with Gasteiger partial charge in [0.1, 0.15) is 6.54 Å². The molecule has 0 fully saturated rings. The zero-order chi connectivity index (χ0) is 12.7. The van der Waals surface area contributed by atoms with Crippen LogP contribution < -0.4 is 11.1 Å². The minimum absolute atomic E-state index is 0. The van der Waals surface area contributed by atoms with Gasteiger partial charge in [-0.3, -0.25) is 0 Å². The molecular formula is C12H23IN4O. The maximum atomic E-state index is 5.71. The molecule has 0 radical (unpaired) electrons. The van der Waals surface area contributed by atoms with Gasteiger partial charge in [-0.25, -0.2) is 4.99 Å². The number of halogens is 1. The van der Waals surface area contributed by atoms with Crippen molar-refractivity contribution >= 4 is 29.9 Å². The highest BCUT2D eigenvalue weighted by atomic mass is 127. The molecule has 1 aromatic heterocycles. The summed E-state index contributed by atoms with van der Waals surface area (Å²) in [6.45, 7) is 7.58. The SMILES string of the molecule is CCCCNC(N)=NCc1cc(C(C)C)no1.I. The van der Waals surface area contributed by atoms with Crippen LogP contribution in [0.1, 0.15) is 51.0 Å². The van der Waals surface area contributed by atoms with E-state index in [-0.39, 0.29) is 24.0 Å². The van der Waals surface area contributed by atoms with Gasteiger partial charge in [0.05, 0.1) is 5.69 Å². The molecule has 18 heavy (non-hydrogen) atoms. The third-order valence-corrected chi connectivity index (χ3v) is 2.41. The Kier molecular flexibility index (Phi) is 8.78. The summed E-state index contributed by atoms with van der Waals surface area (Å²) in [6.07, 6.45) is 2.23. The molecule has 1 rings (SSSR count). The van der Waals surface area contributed by atoms with Gasteiger partial charge in [-0.1, -0.05) is 32.3 Å². The highest BCUT2D eigenvalue weighted by Gasteiger charge is 2.06. The maximum Gasteiger partial charge on any atom is 0.189 e. The van der Waals surface area contributed by atoms with Gasteiger partial charge < -0.3 is 15.6 Å². The quantitative estimate of drug-likeness (QED) is 0.351. The van der Waals surface area contributed by atoms with E-state index in [0.29, 0.717) is 18.4 Å². The lowest BCUT2D eigenvalue weighted by molar-refractivity contribution is 0.376. The van der Waals surface area contributed by atoms with Gasteiger partial charge >= 0.3 is 0 Å². The van der Waals surface area contributed by atoms with Gasteiger partial charge in [-0.15, -0.1) is 24.0 Å². The van der Waals surface area contributed by atoms with Crippen molar-refractivity contribution in [2.45, 2.75) is 46.1 Å². The van der Waals surface area contributed by atoms with Crippen LogP contribution in [0.3, 0.4) is 0 Å². The number of unbranched alkanes of at least 4 members (excludes halogenated alkanes) is 1. The van der Waals surface area contributed by atoms with Crippen LogP contribution >= 0.6 is 24.0 Å². The Morgan fingerprint density at radius 2 is 2.28 bits per heavy atom. The predicted molar refractivity (Wildman–Crippen MR) is 84.2 cm³/mol. The Bertz CT molecular complexity index is 363. The molecule has 1 aromatic rings. The van der Waals surface area contributed by atoms with Crippen molar-refractivity contribution in [2.24, 2.45) is 10.7 Å². The molecular weight excluding hydrogens is 343 g/mol. The number of hydrogen-bond acceptors (Lipinski definition) is 3. The van der Waals surface area contributed by atoms with E-state index in [1.807, 2.05) is 6.07 Å². The lowest BCUT2D eigenvalue weighted by Crippen LogP contribution is -2.32. The summed E-state index contributed by atoms with van der Waals surface area (Å²) in [5.74, 6) is 1.58. The first-order valence-electron chi connectivity index (χ1n) is 6.12. The average molecular weight is 366 g/mol. The molecule has 0 amide bonds. The fourth-order valence-electron chi connectivity index (χ4n) is 1.29. The van der Waals surface area contributed by atoms with E-state index >= 15 is 0 Å². The van der Waals surface area contributed by atoms with Gasteiger partial charge in [0.15, 0.2) is 11.7 Å². The van der Waals surface area contributed by atoms with Crippen LogP contribution in [-0.2, 0) is 6.54 Å². The molecule has 0 saturated carbocycles. The third-order valence-electron chi connectivity index (χ3n) is 2.41. The first-order chi connectivity index (χ1) is 8.13. The van der Waals surface area contributed by atoms with Crippen molar-refractivity contribution < 1.29 is 4.52 Å². The van der Waals surface area contributed by atoms with Crippen LogP contribution in [0.2, 0.25) is 0 Å². The Hall–Kier alpha value is -0.790. The van der Waals surface area contributed by atoms with Gasteiger partial charge in [-0.05, 0) is 12.3 Å². The highest BCUT2D eigenvalue weighted by Crippen LogP contribution is 2.14. The number of nitrogens with two attached hydrogens (primary N) is 1. The number of nitrogens with zero attached hydrogens (tertiary/aromatic N) is 2. The molecule has 6 heteroatoms. The zero-order valence-electron chi connectivity index (χ0n) is 11.3. The molecule has 1 heterocycles. The minimum atomic E-state index is 0. The Morgan fingerprint density at radius 3 is 2.83 bits per heavy atom. The maximum absolute atomic E-state index is 5.71. The predicted octanol–water partition coefficient (Wildman–Crippen LogP) is 2.62. The van der Waals surface area contributed by atoms with E-state index < -0.39 is 0 Å². The van der Waals surface area contributed by atoms with Crippen LogP contribution in [0.15, 0.2) is 15.6 Å². The van der Waals surface area contributed by atoms with Gasteiger partial charge in [0.2, 0.25) is 0 Å². The molecule has 0 saturated heterocycles. The Labute approximate surface area is 126 Å². The lowest BCUT2D eigenvalue weighted by Gasteiger charge is -2.02. The monoisotopic (exact) mass is 366 g/mol. The number of hydrogen-bond donors (Lipinski definition) is 2. The van der Waals surface area contributed by atoms with Crippen LogP contribution in [0.5, 0.6) is 0 Å². The first kappa shape index (κ1) is 17.2. The molecule has 0 aliphatic carbocycles. The summed E-state index contributed by atoms with van der Waals surface area (Å²) >= 11 is 0. The van der Waals surface area contributed by atoms with E-state index in [9.17, 15) is 0 Å². The van der Waals surface area contributed by atoms with Gasteiger partial charge in [0.25, 0.3) is 0 Å². The smallest absolute Gasteiger partial charge is 0.189 e. The average Bonchev–Trinajstić information content (AvgIpc) is 2.75. The van der Waals surface area contributed by atoms with E-state index in [2.05, 4.69) is 36.2 Å². The number of rotatable bonds is 6. The normalized spacial score (nSPS) is 11.4. The van der Waals surface area contributed by atoms with Crippen molar-refractivity contribution in [1.29, 1.82) is 0 Å². The van der Waals surface area contributed by atoms with Crippen LogP contribution in [0, 0.1) is 0 Å².